The quantitative estimate of drug-likeness (QED) is 0.777. The van der Waals surface area contributed by atoms with Gasteiger partial charge in [0.05, 0.1) is 30.0 Å². The number of hydrogen-bond acceptors (Lipinski definition) is 5. The van der Waals surface area contributed by atoms with Gasteiger partial charge in [0, 0.05) is 18.9 Å². The number of nitrogens with two attached hydrogens (primary N) is 1. The van der Waals surface area contributed by atoms with Crippen LogP contribution in [0.4, 0.5) is 13.2 Å². The molecular formula is C10H15F3N2O2S. The largest absolute Gasteiger partial charge is 0.411 e. The van der Waals surface area contributed by atoms with Crippen molar-refractivity contribution in [1.29, 1.82) is 0 Å². The van der Waals surface area contributed by atoms with Gasteiger partial charge in [0.15, 0.2) is 0 Å². The van der Waals surface area contributed by atoms with Gasteiger partial charge in [0.25, 0.3) is 0 Å². The van der Waals surface area contributed by atoms with Gasteiger partial charge in [-0.3, -0.25) is 0 Å². The number of ether oxygens (including phenoxy) is 2. The number of nitrogens with zero attached hydrogens (tertiary/aromatic N) is 1. The lowest BCUT2D eigenvalue weighted by molar-refractivity contribution is -0.173. The highest BCUT2D eigenvalue weighted by molar-refractivity contribution is 7.09. The minimum absolute atomic E-state index is 0.00796. The van der Waals surface area contributed by atoms with Gasteiger partial charge in [-0.25, -0.2) is 4.98 Å². The summed E-state index contributed by atoms with van der Waals surface area (Å²) in [5.74, 6) is 0. The Hall–Kier alpha value is -0.700. The Morgan fingerprint density at radius 1 is 1.50 bits per heavy atom. The molecule has 1 rings (SSSR count). The lowest BCUT2D eigenvalue weighted by Gasteiger charge is -2.07. The van der Waals surface area contributed by atoms with Gasteiger partial charge >= 0.3 is 6.18 Å². The Balaban J connectivity index is 2.31. The molecule has 0 radical (unpaired) electrons. The van der Waals surface area contributed by atoms with E-state index in [1.165, 1.54) is 18.4 Å². The lowest BCUT2D eigenvalue weighted by Crippen LogP contribution is -2.18. The molecule has 0 aliphatic carbocycles. The summed E-state index contributed by atoms with van der Waals surface area (Å²) in [7, 11) is 1.54. The molecule has 18 heavy (non-hydrogen) atoms. The standard InChI is InChI=1S/C10H15F3N2O2S/c1-16-4-7(14)8-5-18-9(15-8)2-3-17-6-10(11,12)13/h5,7H,2-4,6,14H2,1H3. The summed E-state index contributed by atoms with van der Waals surface area (Å²) >= 11 is 1.35. The number of methoxy groups -OCH3 is 1. The molecule has 2 N–H and O–H groups in total. The van der Waals surface area contributed by atoms with Crippen LogP contribution < -0.4 is 5.73 Å². The predicted molar refractivity (Wildman–Crippen MR) is 61.5 cm³/mol. The van der Waals surface area contributed by atoms with E-state index in [0.29, 0.717) is 23.7 Å². The van der Waals surface area contributed by atoms with Crippen molar-refractivity contribution >= 4 is 11.3 Å². The van der Waals surface area contributed by atoms with E-state index in [4.69, 9.17) is 10.5 Å². The van der Waals surface area contributed by atoms with Crippen LogP contribution in [0.3, 0.4) is 0 Å². The maximum absolute atomic E-state index is 11.8. The second-order valence-corrected chi connectivity index (χ2v) is 4.59. The SMILES string of the molecule is COCC(N)c1csc(CCOCC(F)(F)F)n1. The number of hydrogen-bond donors (Lipinski definition) is 1. The minimum atomic E-state index is -4.28. The first kappa shape index (κ1) is 15.4. The van der Waals surface area contributed by atoms with Crippen LogP contribution in [-0.4, -0.2) is 38.1 Å². The Kier molecular flexibility index (Phi) is 6.00. The van der Waals surface area contributed by atoms with Gasteiger partial charge in [-0.1, -0.05) is 0 Å². The molecule has 1 unspecified atom stereocenters. The molecule has 0 amide bonds. The third-order valence-electron chi connectivity index (χ3n) is 2.02. The average molecular weight is 284 g/mol. The molecule has 0 bridgehead atoms. The minimum Gasteiger partial charge on any atom is -0.383 e. The Labute approximate surface area is 107 Å². The predicted octanol–water partition coefficient (Wildman–Crippen LogP) is 1.91. The Bertz CT molecular complexity index is 357. The normalized spacial score (nSPS) is 13.8. The molecule has 1 aromatic heterocycles. The van der Waals surface area contributed by atoms with Gasteiger partial charge < -0.3 is 15.2 Å². The third-order valence-corrected chi connectivity index (χ3v) is 2.95. The van der Waals surface area contributed by atoms with Crippen LogP contribution in [-0.2, 0) is 15.9 Å². The van der Waals surface area contributed by atoms with Crippen LogP contribution in [0.25, 0.3) is 0 Å². The molecule has 1 heterocycles. The first-order valence-corrected chi connectivity index (χ1v) is 6.13. The van der Waals surface area contributed by atoms with E-state index >= 15 is 0 Å². The first-order chi connectivity index (χ1) is 8.42. The zero-order valence-electron chi connectivity index (χ0n) is 9.87. The number of thiazole rings is 1. The molecule has 0 aromatic carbocycles. The van der Waals surface area contributed by atoms with Crippen LogP contribution in [0, 0.1) is 0 Å². The zero-order valence-corrected chi connectivity index (χ0v) is 10.7. The van der Waals surface area contributed by atoms with Gasteiger partial charge in [0.1, 0.15) is 6.61 Å². The highest BCUT2D eigenvalue weighted by Gasteiger charge is 2.27. The Morgan fingerprint density at radius 3 is 2.83 bits per heavy atom. The van der Waals surface area contributed by atoms with Crippen molar-refractivity contribution in [3.63, 3.8) is 0 Å². The molecule has 8 heteroatoms. The van der Waals surface area contributed by atoms with E-state index in [-0.39, 0.29) is 12.6 Å². The first-order valence-electron chi connectivity index (χ1n) is 5.25. The van der Waals surface area contributed by atoms with E-state index in [9.17, 15) is 13.2 Å². The zero-order chi connectivity index (χ0) is 13.6. The van der Waals surface area contributed by atoms with Crippen LogP contribution in [0.1, 0.15) is 16.7 Å². The maximum Gasteiger partial charge on any atom is 0.411 e. The second-order valence-electron chi connectivity index (χ2n) is 3.65. The molecular weight excluding hydrogens is 269 g/mol. The fraction of sp³-hybridized carbons (Fsp3) is 0.700. The fourth-order valence-electron chi connectivity index (χ4n) is 1.22. The highest BCUT2D eigenvalue weighted by Crippen LogP contribution is 2.17. The smallest absolute Gasteiger partial charge is 0.383 e. The summed E-state index contributed by atoms with van der Waals surface area (Å²) in [6.45, 7) is -0.881. The summed E-state index contributed by atoms with van der Waals surface area (Å²) in [5.41, 5.74) is 6.46. The maximum atomic E-state index is 11.8. The molecule has 1 aromatic rings. The molecule has 1 atom stereocenters. The summed E-state index contributed by atoms with van der Waals surface area (Å²) in [5, 5.41) is 2.49. The Morgan fingerprint density at radius 2 is 2.22 bits per heavy atom. The van der Waals surface area contributed by atoms with Crippen molar-refractivity contribution in [3.8, 4) is 0 Å². The highest BCUT2D eigenvalue weighted by atomic mass is 32.1. The van der Waals surface area contributed by atoms with E-state index in [2.05, 4.69) is 9.72 Å². The van der Waals surface area contributed by atoms with Crippen molar-refractivity contribution in [2.24, 2.45) is 5.73 Å². The summed E-state index contributed by atoms with van der Waals surface area (Å²) in [4.78, 5) is 4.22. The number of alkyl halides is 3. The van der Waals surface area contributed by atoms with Crippen molar-refractivity contribution in [2.75, 3.05) is 26.9 Å². The molecule has 0 saturated heterocycles. The van der Waals surface area contributed by atoms with Gasteiger partial charge in [-0.05, 0) is 0 Å². The van der Waals surface area contributed by atoms with Gasteiger partial charge in [0.2, 0.25) is 0 Å². The number of aromatic nitrogens is 1. The van der Waals surface area contributed by atoms with E-state index in [1.807, 2.05) is 0 Å². The monoisotopic (exact) mass is 284 g/mol. The van der Waals surface area contributed by atoms with Crippen LogP contribution in [0.15, 0.2) is 5.38 Å². The van der Waals surface area contributed by atoms with Crippen molar-refractivity contribution in [2.45, 2.75) is 18.6 Å². The molecule has 0 aliphatic rings. The average Bonchev–Trinajstić information content (AvgIpc) is 2.72. The molecule has 4 nitrogen and oxygen atoms in total. The molecule has 0 saturated carbocycles. The van der Waals surface area contributed by atoms with E-state index in [1.54, 1.807) is 5.38 Å². The van der Waals surface area contributed by atoms with Gasteiger partial charge in [-0.15, -0.1) is 11.3 Å². The molecule has 0 spiro atoms. The summed E-state index contributed by atoms with van der Waals surface area (Å²) < 4.78 is 44.8. The lowest BCUT2D eigenvalue weighted by atomic mass is 10.2. The second kappa shape index (κ2) is 7.03. The van der Waals surface area contributed by atoms with Gasteiger partial charge in [-0.2, -0.15) is 13.2 Å². The van der Waals surface area contributed by atoms with Crippen LogP contribution in [0.5, 0.6) is 0 Å². The van der Waals surface area contributed by atoms with Crippen molar-refractivity contribution < 1.29 is 22.6 Å². The molecule has 104 valence electrons. The van der Waals surface area contributed by atoms with Crippen molar-refractivity contribution in [1.82, 2.24) is 4.98 Å². The van der Waals surface area contributed by atoms with Crippen LogP contribution >= 0.6 is 11.3 Å². The summed E-state index contributed by atoms with van der Waals surface area (Å²) in [6.07, 6.45) is -3.94. The topological polar surface area (TPSA) is 57.4 Å². The molecule has 0 aliphatic heterocycles. The number of halogens is 3. The number of rotatable bonds is 7. The van der Waals surface area contributed by atoms with E-state index < -0.39 is 12.8 Å². The van der Waals surface area contributed by atoms with Crippen LogP contribution in [0.2, 0.25) is 0 Å². The van der Waals surface area contributed by atoms with E-state index in [0.717, 1.165) is 0 Å². The van der Waals surface area contributed by atoms with Crippen molar-refractivity contribution in [3.05, 3.63) is 16.1 Å². The summed E-state index contributed by atoms with van der Waals surface area (Å²) in [6, 6.07) is -0.309. The third kappa shape index (κ3) is 5.76. The fourth-order valence-corrected chi connectivity index (χ4v) is 2.07. The molecule has 0 fully saturated rings.